The highest BCUT2D eigenvalue weighted by atomic mass is 35.5. The predicted molar refractivity (Wildman–Crippen MR) is 111 cm³/mol. The monoisotopic (exact) mass is 401 g/mol. The van der Waals surface area contributed by atoms with E-state index in [0.717, 1.165) is 16.7 Å². The highest BCUT2D eigenvalue weighted by Gasteiger charge is 2.41. The van der Waals surface area contributed by atoms with Crippen LogP contribution in [0.15, 0.2) is 42.5 Å². The van der Waals surface area contributed by atoms with Gasteiger partial charge in [-0.2, -0.15) is 0 Å². The number of phenols is 1. The molecule has 5 heteroatoms. The number of phenolic OH excluding ortho intramolecular Hbond substituents is 1. The molecule has 3 rings (SSSR count). The minimum atomic E-state index is -0.454. The van der Waals surface area contributed by atoms with E-state index in [1.807, 2.05) is 57.2 Å². The molecule has 1 aliphatic heterocycles. The lowest BCUT2D eigenvalue weighted by Crippen LogP contribution is -2.52. The van der Waals surface area contributed by atoms with Crippen LogP contribution in [-0.2, 0) is 9.53 Å². The van der Waals surface area contributed by atoms with Gasteiger partial charge >= 0.3 is 0 Å². The summed E-state index contributed by atoms with van der Waals surface area (Å²) in [6.45, 7) is 7.82. The molecule has 1 saturated heterocycles. The quantitative estimate of drug-likeness (QED) is 0.713. The normalized spacial score (nSPS) is 24.9. The Morgan fingerprint density at radius 1 is 1.18 bits per heavy atom. The number of rotatable bonds is 4. The van der Waals surface area contributed by atoms with Crippen molar-refractivity contribution in [1.82, 2.24) is 5.32 Å². The highest BCUT2D eigenvalue weighted by Crippen LogP contribution is 2.45. The van der Waals surface area contributed by atoms with Gasteiger partial charge in [0.15, 0.2) is 0 Å². The van der Waals surface area contributed by atoms with E-state index in [0.29, 0.717) is 17.9 Å². The van der Waals surface area contributed by atoms with Crippen molar-refractivity contribution in [3.05, 3.63) is 64.2 Å². The van der Waals surface area contributed by atoms with Crippen molar-refractivity contribution in [2.24, 2.45) is 5.92 Å². The van der Waals surface area contributed by atoms with E-state index in [1.54, 1.807) is 6.07 Å². The zero-order chi connectivity index (χ0) is 20.5. The number of nitrogens with one attached hydrogen (secondary N) is 1. The molecule has 28 heavy (non-hydrogen) atoms. The first-order valence-corrected chi connectivity index (χ1v) is 10.1. The van der Waals surface area contributed by atoms with Crippen molar-refractivity contribution < 1.29 is 14.6 Å². The van der Waals surface area contributed by atoms with Crippen LogP contribution < -0.4 is 5.32 Å². The molecule has 3 atom stereocenters. The Balaban J connectivity index is 1.96. The largest absolute Gasteiger partial charge is 0.508 e. The summed E-state index contributed by atoms with van der Waals surface area (Å²) in [5, 5.41) is 14.3. The maximum Gasteiger partial charge on any atom is 0.222 e. The summed E-state index contributed by atoms with van der Waals surface area (Å²) < 4.78 is 6.42. The molecular formula is C23H28ClNO3. The van der Waals surface area contributed by atoms with E-state index in [4.69, 9.17) is 16.3 Å². The van der Waals surface area contributed by atoms with Crippen molar-refractivity contribution in [2.75, 3.05) is 0 Å². The maximum absolute atomic E-state index is 12.4. The molecular weight excluding hydrogens is 374 g/mol. The Bertz CT molecular complexity index is 849. The average Bonchev–Trinajstić information content (AvgIpc) is 2.63. The second-order valence-corrected chi connectivity index (χ2v) is 8.78. The lowest BCUT2D eigenvalue weighted by atomic mass is 9.80. The van der Waals surface area contributed by atoms with Gasteiger partial charge in [-0.05, 0) is 43.7 Å². The number of halogens is 1. The highest BCUT2D eigenvalue weighted by molar-refractivity contribution is 6.30. The molecule has 0 aliphatic carbocycles. The van der Waals surface area contributed by atoms with E-state index in [1.165, 1.54) is 0 Å². The Morgan fingerprint density at radius 2 is 1.82 bits per heavy atom. The van der Waals surface area contributed by atoms with Crippen LogP contribution in [0.2, 0.25) is 5.02 Å². The third kappa shape index (κ3) is 4.68. The number of hydrogen-bond donors (Lipinski definition) is 2. The van der Waals surface area contributed by atoms with Crippen molar-refractivity contribution in [1.29, 1.82) is 0 Å². The molecule has 2 aromatic rings. The van der Waals surface area contributed by atoms with E-state index in [2.05, 4.69) is 12.2 Å². The third-order valence-electron chi connectivity index (χ3n) is 5.32. The Morgan fingerprint density at radius 3 is 2.46 bits per heavy atom. The van der Waals surface area contributed by atoms with E-state index < -0.39 is 5.54 Å². The molecule has 0 radical (unpaired) electrons. The SMILES string of the molecule is Cc1ccc(O)c([C@H]2C[C@@](C)(NC(=O)C(C)C)C[C@@H](c3ccc(Cl)cc3)O2)c1. The summed E-state index contributed by atoms with van der Waals surface area (Å²) in [5.74, 6) is 0.135. The number of hydrogen-bond acceptors (Lipinski definition) is 3. The van der Waals surface area contributed by atoms with Crippen LogP contribution in [0.3, 0.4) is 0 Å². The predicted octanol–water partition coefficient (Wildman–Crippen LogP) is 5.48. The van der Waals surface area contributed by atoms with Gasteiger partial charge in [-0.3, -0.25) is 4.79 Å². The maximum atomic E-state index is 12.4. The van der Waals surface area contributed by atoms with Gasteiger partial charge in [-0.1, -0.05) is 49.2 Å². The van der Waals surface area contributed by atoms with Gasteiger partial charge < -0.3 is 15.2 Å². The first-order valence-electron chi connectivity index (χ1n) is 9.69. The van der Waals surface area contributed by atoms with Gasteiger partial charge in [0.05, 0.1) is 12.2 Å². The number of ether oxygens (including phenoxy) is 1. The van der Waals surface area contributed by atoms with Crippen LogP contribution in [0.1, 0.15) is 62.5 Å². The van der Waals surface area contributed by atoms with Gasteiger partial charge in [0, 0.05) is 34.9 Å². The molecule has 1 amide bonds. The molecule has 1 heterocycles. The number of carbonyl (C=O) groups is 1. The van der Waals surface area contributed by atoms with Crippen LogP contribution >= 0.6 is 11.6 Å². The fourth-order valence-electron chi connectivity index (χ4n) is 3.73. The lowest BCUT2D eigenvalue weighted by molar-refractivity contribution is -0.131. The first kappa shape index (κ1) is 20.7. The fraction of sp³-hybridized carbons (Fsp3) is 0.435. The molecule has 150 valence electrons. The van der Waals surface area contributed by atoms with Crippen LogP contribution in [0.4, 0.5) is 0 Å². The van der Waals surface area contributed by atoms with Crippen molar-refractivity contribution in [3.8, 4) is 5.75 Å². The number of benzene rings is 2. The molecule has 2 aromatic carbocycles. The third-order valence-corrected chi connectivity index (χ3v) is 5.57. The summed E-state index contributed by atoms with van der Waals surface area (Å²) in [4.78, 5) is 12.4. The summed E-state index contributed by atoms with van der Waals surface area (Å²) in [7, 11) is 0. The molecule has 1 aliphatic rings. The van der Waals surface area contributed by atoms with Gasteiger partial charge in [0.1, 0.15) is 5.75 Å². The zero-order valence-electron chi connectivity index (χ0n) is 16.8. The van der Waals surface area contributed by atoms with Crippen molar-refractivity contribution >= 4 is 17.5 Å². The molecule has 0 saturated carbocycles. The second kappa shape index (κ2) is 8.14. The van der Waals surface area contributed by atoms with Crippen molar-refractivity contribution in [2.45, 2.75) is 58.3 Å². The van der Waals surface area contributed by atoms with Crippen LogP contribution in [0.5, 0.6) is 5.75 Å². The smallest absolute Gasteiger partial charge is 0.222 e. The summed E-state index contributed by atoms with van der Waals surface area (Å²) >= 11 is 6.04. The van der Waals surface area contributed by atoms with E-state index in [9.17, 15) is 9.90 Å². The summed E-state index contributed by atoms with van der Waals surface area (Å²) in [6, 6.07) is 13.1. The topological polar surface area (TPSA) is 58.6 Å². The summed E-state index contributed by atoms with van der Waals surface area (Å²) in [6.07, 6.45) is 0.697. The minimum Gasteiger partial charge on any atom is -0.508 e. The molecule has 1 fully saturated rings. The molecule has 0 aromatic heterocycles. The Hall–Kier alpha value is -2.04. The van der Waals surface area contributed by atoms with Crippen LogP contribution in [0.25, 0.3) is 0 Å². The van der Waals surface area contributed by atoms with Crippen molar-refractivity contribution in [3.63, 3.8) is 0 Å². The molecule has 4 nitrogen and oxygen atoms in total. The first-order chi connectivity index (χ1) is 13.2. The van der Waals surface area contributed by atoms with E-state index in [-0.39, 0.29) is 29.8 Å². The number of aromatic hydroxyl groups is 1. The standard InChI is InChI=1S/C23H28ClNO3/c1-14(2)22(27)25-23(4)12-20(16-6-8-17(24)9-7-16)28-21(13-23)18-11-15(3)5-10-19(18)26/h5-11,14,20-21,26H,12-13H2,1-4H3,(H,25,27)/t20-,21+,23-/m0/s1. The molecule has 0 bridgehead atoms. The van der Waals surface area contributed by atoms with Crippen LogP contribution in [-0.4, -0.2) is 16.6 Å². The molecule has 2 N–H and O–H groups in total. The Kier molecular flexibility index (Phi) is 6.01. The van der Waals surface area contributed by atoms with Gasteiger partial charge in [0.25, 0.3) is 0 Å². The fourth-order valence-corrected chi connectivity index (χ4v) is 3.85. The lowest BCUT2D eigenvalue weighted by Gasteiger charge is -2.43. The number of aryl methyl sites for hydroxylation is 1. The molecule has 0 spiro atoms. The second-order valence-electron chi connectivity index (χ2n) is 8.34. The van der Waals surface area contributed by atoms with Gasteiger partial charge in [0.2, 0.25) is 5.91 Å². The van der Waals surface area contributed by atoms with E-state index >= 15 is 0 Å². The Labute approximate surface area is 171 Å². The van der Waals surface area contributed by atoms with Gasteiger partial charge in [-0.25, -0.2) is 0 Å². The number of carbonyl (C=O) groups excluding carboxylic acids is 1. The van der Waals surface area contributed by atoms with Crippen LogP contribution in [0, 0.1) is 12.8 Å². The minimum absolute atomic E-state index is 0.0199. The average molecular weight is 402 g/mol. The zero-order valence-corrected chi connectivity index (χ0v) is 17.6. The van der Waals surface area contributed by atoms with Gasteiger partial charge in [-0.15, -0.1) is 0 Å². The molecule has 0 unspecified atom stereocenters. The summed E-state index contributed by atoms with van der Waals surface area (Å²) in [5.41, 5.74) is 2.36. The number of amides is 1.